The standard InChI is InChI=1S/C12H10FN3O3/c1-8-2-3-10(9(13)6-8)14-11-7-15(17)5-4-12(11)16(18)19/h2-7,14H,1H3. The van der Waals surface area contributed by atoms with E-state index in [1.165, 1.54) is 12.1 Å². The number of halogens is 1. The Labute approximate surface area is 107 Å². The van der Waals surface area contributed by atoms with Crippen molar-refractivity contribution in [3.05, 3.63) is 63.4 Å². The number of anilines is 2. The Morgan fingerprint density at radius 3 is 2.68 bits per heavy atom. The zero-order chi connectivity index (χ0) is 14.0. The first kappa shape index (κ1) is 12.7. The van der Waals surface area contributed by atoms with Gasteiger partial charge >= 0.3 is 5.69 Å². The third kappa shape index (κ3) is 2.76. The monoisotopic (exact) mass is 263 g/mol. The van der Waals surface area contributed by atoms with Gasteiger partial charge in [0.1, 0.15) is 5.82 Å². The van der Waals surface area contributed by atoms with Crippen LogP contribution in [0.15, 0.2) is 36.7 Å². The summed E-state index contributed by atoms with van der Waals surface area (Å²) in [6, 6.07) is 5.46. The molecular weight excluding hydrogens is 253 g/mol. The number of pyridine rings is 1. The molecule has 0 aliphatic rings. The second-order valence-electron chi connectivity index (χ2n) is 3.97. The van der Waals surface area contributed by atoms with Gasteiger partial charge in [0.15, 0.2) is 11.9 Å². The molecule has 0 saturated heterocycles. The number of aryl methyl sites for hydroxylation is 1. The summed E-state index contributed by atoms with van der Waals surface area (Å²) < 4.78 is 14.1. The van der Waals surface area contributed by atoms with Crippen LogP contribution in [-0.4, -0.2) is 4.92 Å². The molecule has 0 unspecified atom stereocenters. The molecule has 1 aromatic carbocycles. The highest BCUT2D eigenvalue weighted by Crippen LogP contribution is 2.27. The highest BCUT2D eigenvalue weighted by molar-refractivity contribution is 5.68. The topological polar surface area (TPSA) is 82.1 Å². The Kier molecular flexibility index (Phi) is 3.28. The molecule has 0 spiro atoms. The van der Waals surface area contributed by atoms with Crippen molar-refractivity contribution in [3.8, 4) is 0 Å². The van der Waals surface area contributed by atoms with Crippen LogP contribution >= 0.6 is 0 Å². The zero-order valence-corrected chi connectivity index (χ0v) is 9.96. The number of hydrogen-bond acceptors (Lipinski definition) is 4. The second kappa shape index (κ2) is 4.89. The van der Waals surface area contributed by atoms with Gasteiger partial charge in [0.2, 0.25) is 6.20 Å². The molecule has 1 heterocycles. The van der Waals surface area contributed by atoms with E-state index in [2.05, 4.69) is 5.32 Å². The van der Waals surface area contributed by atoms with Gasteiger partial charge in [0, 0.05) is 0 Å². The summed E-state index contributed by atoms with van der Waals surface area (Å²) in [6.07, 6.45) is 1.99. The summed E-state index contributed by atoms with van der Waals surface area (Å²) in [6.45, 7) is 1.73. The third-order valence-electron chi connectivity index (χ3n) is 2.50. The number of benzene rings is 1. The minimum Gasteiger partial charge on any atom is -0.619 e. The van der Waals surface area contributed by atoms with Gasteiger partial charge in [0.25, 0.3) is 0 Å². The first-order chi connectivity index (χ1) is 8.97. The van der Waals surface area contributed by atoms with E-state index >= 15 is 0 Å². The van der Waals surface area contributed by atoms with E-state index in [0.29, 0.717) is 4.73 Å². The third-order valence-corrected chi connectivity index (χ3v) is 2.50. The lowest BCUT2D eigenvalue weighted by Crippen LogP contribution is -2.25. The van der Waals surface area contributed by atoms with E-state index in [1.807, 2.05) is 0 Å². The Morgan fingerprint density at radius 2 is 2.05 bits per heavy atom. The van der Waals surface area contributed by atoms with Crippen LogP contribution in [0.5, 0.6) is 0 Å². The molecular formula is C12H10FN3O3. The molecule has 6 nitrogen and oxygen atoms in total. The van der Waals surface area contributed by atoms with Crippen molar-refractivity contribution in [2.45, 2.75) is 6.92 Å². The zero-order valence-electron chi connectivity index (χ0n) is 9.96. The highest BCUT2D eigenvalue weighted by Gasteiger charge is 2.18. The molecule has 7 heteroatoms. The van der Waals surface area contributed by atoms with Gasteiger partial charge in [0.05, 0.1) is 16.7 Å². The van der Waals surface area contributed by atoms with E-state index in [9.17, 15) is 19.7 Å². The lowest BCUT2D eigenvalue weighted by Gasteiger charge is -2.08. The SMILES string of the molecule is Cc1ccc(Nc2c[n+]([O-])ccc2[N+](=O)[O-])c(F)c1. The van der Waals surface area contributed by atoms with E-state index in [-0.39, 0.29) is 17.1 Å². The van der Waals surface area contributed by atoms with Gasteiger partial charge in [-0.2, -0.15) is 4.73 Å². The van der Waals surface area contributed by atoms with Gasteiger partial charge in [-0.3, -0.25) is 10.1 Å². The molecule has 2 rings (SSSR count). The average Bonchev–Trinajstić information content (AvgIpc) is 2.32. The summed E-state index contributed by atoms with van der Waals surface area (Å²) in [7, 11) is 0. The molecule has 0 radical (unpaired) electrons. The van der Waals surface area contributed by atoms with Crippen LogP contribution in [0.4, 0.5) is 21.5 Å². The van der Waals surface area contributed by atoms with Gasteiger partial charge in [-0.25, -0.2) is 4.39 Å². The molecule has 19 heavy (non-hydrogen) atoms. The fraction of sp³-hybridized carbons (Fsp3) is 0.0833. The molecule has 0 atom stereocenters. The molecule has 0 aliphatic carbocycles. The fourth-order valence-corrected chi connectivity index (χ4v) is 1.59. The second-order valence-corrected chi connectivity index (χ2v) is 3.97. The van der Waals surface area contributed by atoms with Crippen molar-refractivity contribution in [2.75, 3.05) is 5.32 Å². The van der Waals surface area contributed by atoms with E-state index in [0.717, 1.165) is 24.0 Å². The predicted octanol–water partition coefficient (Wildman–Crippen LogP) is 2.42. The average molecular weight is 263 g/mol. The van der Waals surface area contributed by atoms with Gasteiger partial charge in [-0.1, -0.05) is 6.07 Å². The maximum atomic E-state index is 13.7. The van der Waals surface area contributed by atoms with Gasteiger partial charge in [-0.05, 0) is 24.6 Å². The first-order valence-electron chi connectivity index (χ1n) is 5.38. The van der Waals surface area contributed by atoms with Crippen LogP contribution in [0.2, 0.25) is 0 Å². The summed E-state index contributed by atoms with van der Waals surface area (Å²) in [5.74, 6) is -0.546. The Balaban J connectivity index is 2.42. The number of nitrogens with zero attached hydrogens (tertiary/aromatic N) is 2. The lowest BCUT2D eigenvalue weighted by molar-refractivity contribution is -0.605. The van der Waals surface area contributed by atoms with E-state index < -0.39 is 10.7 Å². The largest absolute Gasteiger partial charge is 0.619 e. The van der Waals surface area contributed by atoms with E-state index in [4.69, 9.17) is 0 Å². The molecule has 1 N–H and O–H groups in total. The number of rotatable bonds is 3. The smallest absolute Gasteiger partial charge is 0.304 e. The summed E-state index contributed by atoms with van der Waals surface area (Å²) in [5, 5.41) is 24.5. The van der Waals surface area contributed by atoms with Gasteiger partial charge < -0.3 is 10.5 Å². The molecule has 98 valence electrons. The Bertz CT molecular complexity index is 646. The summed E-state index contributed by atoms with van der Waals surface area (Å²) in [4.78, 5) is 10.2. The summed E-state index contributed by atoms with van der Waals surface area (Å²) >= 11 is 0. The first-order valence-corrected chi connectivity index (χ1v) is 5.38. The molecule has 2 aromatic rings. The maximum Gasteiger partial charge on any atom is 0.304 e. The van der Waals surface area contributed by atoms with Crippen molar-refractivity contribution in [3.63, 3.8) is 0 Å². The van der Waals surface area contributed by atoms with Crippen molar-refractivity contribution in [2.24, 2.45) is 0 Å². The van der Waals surface area contributed by atoms with Crippen LogP contribution < -0.4 is 10.0 Å². The van der Waals surface area contributed by atoms with Crippen LogP contribution in [0, 0.1) is 28.1 Å². The number of nitro groups is 1. The fourth-order valence-electron chi connectivity index (χ4n) is 1.59. The van der Waals surface area contributed by atoms with E-state index in [1.54, 1.807) is 13.0 Å². The van der Waals surface area contributed by atoms with Crippen LogP contribution in [0.1, 0.15) is 5.56 Å². The maximum absolute atomic E-state index is 13.7. The number of aromatic nitrogens is 1. The minimum atomic E-state index is -0.644. The van der Waals surface area contributed by atoms with Crippen LogP contribution in [0.3, 0.4) is 0 Å². The molecule has 0 saturated carbocycles. The summed E-state index contributed by atoms with van der Waals surface area (Å²) in [5.41, 5.74) is 0.432. The molecule has 0 fully saturated rings. The van der Waals surface area contributed by atoms with Gasteiger partial charge in [-0.15, -0.1) is 0 Å². The number of nitrogens with one attached hydrogen (secondary N) is 1. The molecule has 0 aliphatic heterocycles. The van der Waals surface area contributed by atoms with Crippen molar-refractivity contribution in [1.82, 2.24) is 0 Å². The molecule has 1 aromatic heterocycles. The normalized spacial score (nSPS) is 10.2. The molecule has 0 amide bonds. The molecule has 0 bridgehead atoms. The number of hydrogen-bond donors (Lipinski definition) is 1. The predicted molar refractivity (Wildman–Crippen MR) is 66.5 cm³/mol. The minimum absolute atomic E-state index is 0.0646. The lowest BCUT2D eigenvalue weighted by atomic mass is 10.2. The van der Waals surface area contributed by atoms with Crippen LogP contribution in [0.25, 0.3) is 0 Å². The van der Waals surface area contributed by atoms with Crippen molar-refractivity contribution < 1.29 is 14.0 Å². The Morgan fingerprint density at radius 1 is 1.32 bits per heavy atom. The van der Waals surface area contributed by atoms with Crippen LogP contribution in [-0.2, 0) is 0 Å². The quantitative estimate of drug-likeness (QED) is 0.399. The Hall–Kier alpha value is -2.70. The highest BCUT2D eigenvalue weighted by atomic mass is 19.1. The van der Waals surface area contributed by atoms with Crippen molar-refractivity contribution in [1.29, 1.82) is 0 Å². The van der Waals surface area contributed by atoms with Crippen molar-refractivity contribution >= 4 is 17.1 Å².